The van der Waals surface area contributed by atoms with E-state index < -0.39 is 39.9 Å². The fourth-order valence-corrected chi connectivity index (χ4v) is 2.99. The molecule has 0 bridgehead atoms. The van der Waals surface area contributed by atoms with Crippen molar-refractivity contribution in [2.75, 3.05) is 5.73 Å². The number of phosphoric acid groups is 2. The highest BCUT2D eigenvalue weighted by Crippen LogP contribution is 2.38. The zero-order valence-electron chi connectivity index (χ0n) is 16.5. The molecule has 20 N–H and O–H groups in total. The van der Waals surface area contributed by atoms with Crippen molar-refractivity contribution in [3.63, 3.8) is 0 Å². The Morgan fingerprint density at radius 2 is 1.61 bits per heavy atom. The minimum absolute atomic E-state index is 0. The van der Waals surface area contributed by atoms with Crippen LogP contribution in [-0.4, -0.2) is 77.1 Å². The molecule has 1 aliphatic rings. The van der Waals surface area contributed by atoms with Gasteiger partial charge in [-0.05, 0) is 15.9 Å². The molecule has 1 unspecified atom stereocenters. The number of fused-ring (bicyclic) bond motifs is 1. The van der Waals surface area contributed by atoms with Crippen molar-refractivity contribution < 1.29 is 53.4 Å². The van der Waals surface area contributed by atoms with E-state index in [0.29, 0.717) is 15.9 Å². The van der Waals surface area contributed by atoms with Gasteiger partial charge < -0.3 is 73.8 Å². The third-order valence-corrected chi connectivity index (χ3v) is 3.92. The molecular weight excluding hydrogens is 564 g/mol. The number of nitrogens with zero attached hydrogens (tertiary/aromatic N) is 4. The molecular formula is C10H26BrN9O11P2. The molecule has 3 heterocycles. The quantitative estimate of drug-likeness (QED) is 0.0932. The van der Waals surface area contributed by atoms with Crippen LogP contribution in [0.15, 0.2) is 11.1 Å². The van der Waals surface area contributed by atoms with E-state index in [2.05, 4.69) is 30.9 Å². The van der Waals surface area contributed by atoms with Gasteiger partial charge in [-0.3, -0.25) is 4.57 Å². The van der Waals surface area contributed by atoms with Gasteiger partial charge in [-0.15, -0.1) is 0 Å². The average Bonchev–Trinajstić information content (AvgIpc) is 3.00. The first-order valence-corrected chi connectivity index (χ1v) is 11.5. The van der Waals surface area contributed by atoms with Crippen molar-refractivity contribution in [1.82, 2.24) is 31.8 Å². The molecule has 0 aromatic carbocycles. The molecule has 0 amide bonds. The maximum atomic E-state index is 10.1. The number of ether oxygens (including phenoxy) is 1. The summed E-state index contributed by atoms with van der Waals surface area (Å²) in [5.41, 5.74) is 15.9. The number of aliphatic hydroxyl groups is 2. The highest BCUT2D eigenvalue weighted by atomic mass is 79.9. The van der Waals surface area contributed by atoms with E-state index in [0.717, 1.165) is 0 Å². The highest BCUT2D eigenvalue weighted by molar-refractivity contribution is 9.10. The molecule has 4 atom stereocenters. The highest BCUT2D eigenvalue weighted by Gasteiger charge is 2.48. The van der Waals surface area contributed by atoms with Crippen LogP contribution in [0.4, 0.5) is 5.82 Å². The molecule has 1 saturated heterocycles. The number of rotatable bonds is 2. The predicted octanol–water partition coefficient (Wildman–Crippen LogP) is -3.15. The van der Waals surface area contributed by atoms with Gasteiger partial charge in [0.25, 0.3) is 0 Å². The van der Waals surface area contributed by atoms with Crippen molar-refractivity contribution in [3.05, 3.63) is 11.1 Å². The summed E-state index contributed by atoms with van der Waals surface area (Å²) in [5, 5.41) is 19.6. The number of nitrogens with two attached hydrogens (primary N) is 3. The molecule has 0 aliphatic carbocycles. The molecule has 33 heavy (non-hydrogen) atoms. The van der Waals surface area contributed by atoms with Crippen LogP contribution in [0.25, 0.3) is 11.2 Å². The lowest BCUT2D eigenvalue weighted by Gasteiger charge is -2.24. The minimum atomic E-state index is -4.64. The molecule has 1 aliphatic heterocycles. The fourth-order valence-electron chi connectivity index (χ4n) is 2.41. The summed E-state index contributed by atoms with van der Waals surface area (Å²) in [6.07, 6.45) is -1.97. The monoisotopic (exact) mass is 589 g/mol. The molecule has 23 heteroatoms. The number of nitrogen functional groups attached to an aromatic ring is 1. The van der Waals surface area contributed by atoms with Gasteiger partial charge in [-0.2, -0.15) is 0 Å². The molecule has 194 valence electrons. The molecule has 0 spiro atoms. The Morgan fingerprint density at radius 1 is 1.15 bits per heavy atom. The van der Waals surface area contributed by atoms with E-state index in [-0.39, 0.29) is 24.5 Å². The van der Waals surface area contributed by atoms with Crippen LogP contribution in [0.3, 0.4) is 0 Å². The van der Waals surface area contributed by atoms with Crippen LogP contribution in [0.1, 0.15) is 12.6 Å². The minimum Gasteiger partial charge on any atom is -0.382 e. The van der Waals surface area contributed by atoms with Crippen LogP contribution in [0, 0.1) is 0 Å². The summed E-state index contributed by atoms with van der Waals surface area (Å²) in [4.78, 5) is 55.3. The summed E-state index contributed by atoms with van der Waals surface area (Å²) in [5.74, 6) is 0.218. The third kappa shape index (κ3) is 11.2. The molecule has 1 fully saturated rings. The molecule has 20 nitrogen and oxygen atoms in total. The Labute approximate surface area is 193 Å². The van der Waals surface area contributed by atoms with Crippen molar-refractivity contribution in [2.45, 2.75) is 30.7 Å². The van der Waals surface area contributed by atoms with Crippen LogP contribution in [0.2, 0.25) is 0 Å². The number of aromatic nitrogens is 4. The second-order valence-electron chi connectivity index (χ2n) is 5.91. The second-order valence-corrected chi connectivity index (χ2v) is 8.67. The van der Waals surface area contributed by atoms with E-state index in [1.807, 2.05) is 0 Å². The van der Waals surface area contributed by atoms with Gasteiger partial charge in [0.15, 0.2) is 21.7 Å². The Balaban J connectivity index is 0. The van der Waals surface area contributed by atoms with Crippen LogP contribution in [0.5, 0.6) is 0 Å². The lowest BCUT2D eigenvalue weighted by Crippen LogP contribution is -2.55. The van der Waals surface area contributed by atoms with E-state index >= 15 is 0 Å². The normalized spacial score (nSPS) is 23.2. The topological polar surface area (TPSA) is 397 Å². The van der Waals surface area contributed by atoms with Crippen molar-refractivity contribution in [3.8, 4) is 0 Å². The summed E-state index contributed by atoms with van der Waals surface area (Å²) >= 11 is 3.28. The van der Waals surface area contributed by atoms with Crippen molar-refractivity contribution in [1.29, 1.82) is 0 Å². The SMILES string of the molecule is N.N.Nc1ncnc2c1nc(Br)n2[C@H]1C[C@](N)(O)[C@@H](C(N)O)O1.O=P(O)(O)O.O=P(O)(O)O. The maximum absolute atomic E-state index is 10.1. The van der Waals surface area contributed by atoms with E-state index in [4.69, 9.17) is 60.4 Å². The molecule has 0 saturated carbocycles. The predicted molar refractivity (Wildman–Crippen MR) is 114 cm³/mol. The summed E-state index contributed by atoms with van der Waals surface area (Å²) in [7, 11) is -9.28. The molecule has 3 rings (SSSR count). The third-order valence-electron chi connectivity index (χ3n) is 3.36. The Hall–Kier alpha value is -1.23. The Kier molecular flexibility index (Phi) is 12.8. The number of hydrogen-bond donors (Lipinski definition) is 13. The van der Waals surface area contributed by atoms with Gasteiger partial charge in [0.05, 0.1) is 0 Å². The van der Waals surface area contributed by atoms with Gasteiger partial charge >= 0.3 is 15.6 Å². The van der Waals surface area contributed by atoms with Crippen molar-refractivity contribution in [2.24, 2.45) is 11.5 Å². The van der Waals surface area contributed by atoms with Crippen molar-refractivity contribution >= 4 is 48.6 Å². The zero-order chi connectivity index (χ0) is 24.4. The molecule has 0 radical (unpaired) electrons. The zero-order valence-corrected chi connectivity index (χ0v) is 19.9. The van der Waals surface area contributed by atoms with Gasteiger partial charge in [0.2, 0.25) is 0 Å². The van der Waals surface area contributed by atoms with Gasteiger partial charge in [0, 0.05) is 6.42 Å². The largest absolute Gasteiger partial charge is 0.466 e. The first-order chi connectivity index (χ1) is 13.8. The summed E-state index contributed by atoms with van der Waals surface area (Å²) < 4.78 is 25.3. The van der Waals surface area contributed by atoms with E-state index in [1.54, 1.807) is 4.57 Å². The average molecular weight is 590 g/mol. The number of anilines is 1. The van der Waals surface area contributed by atoms with Crippen LogP contribution >= 0.6 is 31.6 Å². The number of halogens is 1. The van der Waals surface area contributed by atoms with Gasteiger partial charge in [0.1, 0.15) is 30.6 Å². The first-order valence-electron chi connectivity index (χ1n) is 7.62. The Bertz CT molecular complexity index is 960. The lowest BCUT2D eigenvalue weighted by molar-refractivity contribution is -0.112. The number of imidazole rings is 1. The maximum Gasteiger partial charge on any atom is 0.466 e. The second kappa shape index (κ2) is 12.5. The lowest BCUT2D eigenvalue weighted by atomic mass is 10.1. The van der Waals surface area contributed by atoms with E-state index in [1.165, 1.54) is 6.33 Å². The van der Waals surface area contributed by atoms with Gasteiger partial charge in [-0.1, -0.05) is 0 Å². The number of hydrogen-bond acceptors (Lipinski definition) is 13. The fraction of sp³-hybridized carbons (Fsp3) is 0.500. The molecule has 2 aromatic rings. The van der Waals surface area contributed by atoms with Crippen LogP contribution in [-0.2, 0) is 13.9 Å². The van der Waals surface area contributed by atoms with Gasteiger partial charge in [-0.25, -0.2) is 24.1 Å². The van der Waals surface area contributed by atoms with E-state index in [9.17, 15) is 10.2 Å². The standard InChI is InChI=1S/C10H14BrN7O3.2H3N.2H3O4P/c11-9-17-4-6(12)15-2-16-8(4)18(9)3-1-10(14,20)5(21-3)7(13)19;;;2*1-5(2,3)4/h2-3,5,7,19-20H,1,13-14H2,(H2,12,15,16);2*1H3;2*(H3,1,2,3,4)/t3-,5-,7?,10+;;;;/m1..../s1. The van der Waals surface area contributed by atoms with Crippen LogP contribution < -0.4 is 29.5 Å². The Morgan fingerprint density at radius 3 is 2.00 bits per heavy atom. The summed E-state index contributed by atoms with van der Waals surface area (Å²) in [6, 6.07) is 0. The number of aliphatic hydroxyl groups excluding tert-OH is 1. The first kappa shape index (κ1) is 33.9. The molecule has 2 aromatic heterocycles. The smallest absolute Gasteiger partial charge is 0.382 e. The summed E-state index contributed by atoms with van der Waals surface area (Å²) in [6.45, 7) is 0.